The van der Waals surface area contributed by atoms with E-state index in [4.69, 9.17) is 9.47 Å². The zero-order valence-electron chi connectivity index (χ0n) is 16.7. The fraction of sp³-hybridized carbons (Fsp3) is 0.364. The van der Waals surface area contributed by atoms with E-state index in [1.807, 2.05) is 6.92 Å². The van der Waals surface area contributed by atoms with Crippen LogP contribution in [0.1, 0.15) is 37.3 Å². The van der Waals surface area contributed by atoms with Crippen LogP contribution >= 0.6 is 0 Å². The SMILES string of the molecule is CCCOc1ccc(NC(=O)C2(c3ccc([N+](=O)[O-])cc3)CCOCC2)cc1C#N. The summed E-state index contributed by atoms with van der Waals surface area (Å²) in [6.45, 7) is 3.31. The number of nitro groups is 1. The van der Waals surface area contributed by atoms with Gasteiger partial charge in [-0.1, -0.05) is 19.1 Å². The van der Waals surface area contributed by atoms with E-state index < -0.39 is 10.3 Å². The van der Waals surface area contributed by atoms with Gasteiger partial charge in [-0.15, -0.1) is 0 Å². The van der Waals surface area contributed by atoms with Crippen LogP contribution in [-0.4, -0.2) is 30.7 Å². The molecule has 8 nitrogen and oxygen atoms in total. The third kappa shape index (κ3) is 4.42. The molecule has 0 radical (unpaired) electrons. The van der Waals surface area contributed by atoms with Crippen LogP contribution in [0, 0.1) is 21.4 Å². The molecule has 156 valence electrons. The molecule has 0 spiro atoms. The highest BCUT2D eigenvalue weighted by Gasteiger charge is 2.42. The molecule has 30 heavy (non-hydrogen) atoms. The number of ether oxygens (including phenoxy) is 2. The lowest BCUT2D eigenvalue weighted by atomic mass is 9.73. The standard InChI is InChI=1S/C22H23N3O5/c1-2-11-30-20-8-5-18(14-16(20)15-23)24-21(26)22(9-12-29-13-10-22)17-3-6-19(7-4-17)25(27)28/h3-8,14H,2,9-13H2,1H3,(H,24,26). The van der Waals surface area contributed by atoms with E-state index in [1.54, 1.807) is 30.3 Å². The van der Waals surface area contributed by atoms with E-state index in [9.17, 15) is 20.2 Å². The first-order chi connectivity index (χ1) is 14.5. The minimum atomic E-state index is -0.864. The average Bonchev–Trinajstić information content (AvgIpc) is 2.78. The Hall–Kier alpha value is -3.44. The van der Waals surface area contributed by atoms with Crippen LogP contribution in [-0.2, 0) is 14.9 Å². The van der Waals surface area contributed by atoms with Gasteiger partial charge in [-0.2, -0.15) is 5.26 Å². The minimum Gasteiger partial charge on any atom is -0.492 e. The summed E-state index contributed by atoms with van der Waals surface area (Å²) in [5, 5.41) is 23.3. The summed E-state index contributed by atoms with van der Waals surface area (Å²) in [7, 11) is 0. The van der Waals surface area contributed by atoms with Crippen molar-refractivity contribution in [3.63, 3.8) is 0 Å². The zero-order valence-corrected chi connectivity index (χ0v) is 16.7. The van der Waals surface area contributed by atoms with Gasteiger partial charge in [0, 0.05) is 31.0 Å². The molecule has 1 amide bonds. The van der Waals surface area contributed by atoms with Gasteiger partial charge < -0.3 is 14.8 Å². The Bertz CT molecular complexity index is 960. The van der Waals surface area contributed by atoms with Crippen LogP contribution < -0.4 is 10.1 Å². The van der Waals surface area contributed by atoms with E-state index >= 15 is 0 Å². The van der Waals surface area contributed by atoms with Gasteiger partial charge in [-0.25, -0.2) is 0 Å². The molecule has 1 saturated heterocycles. The number of carbonyl (C=O) groups excluding carboxylic acids is 1. The summed E-state index contributed by atoms with van der Waals surface area (Å²) in [6.07, 6.45) is 1.74. The van der Waals surface area contributed by atoms with Crippen molar-refractivity contribution >= 4 is 17.3 Å². The first-order valence-electron chi connectivity index (χ1n) is 9.81. The van der Waals surface area contributed by atoms with Gasteiger partial charge in [-0.3, -0.25) is 14.9 Å². The zero-order chi connectivity index (χ0) is 21.6. The number of benzene rings is 2. The third-order valence-electron chi connectivity index (χ3n) is 5.23. The molecule has 0 saturated carbocycles. The second-order valence-electron chi connectivity index (χ2n) is 7.12. The molecular weight excluding hydrogens is 386 g/mol. The lowest BCUT2D eigenvalue weighted by Gasteiger charge is -2.36. The van der Waals surface area contributed by atoms with Crippen molar-refractivity contribution in [2.75, 3.05) is 25.1 Å². The number of nitrogens with zero attached hydrogens (tertiary/aromatic N) is 2. The van der Waals surface area contributed by atoms with Gasteiger partial charge in [0.1, 0.15) is 11.8 Å². The Morgan fingerprint density at radius 1 is 1.27 bits per heavy atom. The topological polar surface area (TPSA) is 114 Å². The number of nitro benzene ring substituents is 1. The van der Waals surface area contributed by atoms with Gasteiger partial charge in [0.05, 0.1) is 22.5 Å². The van der Waals surface area contributed by atoms with E-state index in [2.05, 4.69) is 11.4 Å². The molecule has 0 unspecified atom stereocenters. The van der Waals surface area contributed by atoms with Crippen LogP contribution in [0.5, 0.6) is 5.75 Å². The van der Waals surface area contributed by atoms with Gasteiger partial charge in [0.15, 0.2) is 0 Å². The molecule has 0 atom stereocenters. The van der Waals surface area contributed by atoms with E-state index in [-0.39, 0.29) is 11.6 Å². The number of amides is 1. The van der Waals surface area contributed by atoms with Crippen molar-refractivity contribution in [1.29, 1.82) is 5.26 Å². The Morgan fingerprint density at radius 3 is 2.57 bits per heavy atom. The lowest BCUT2D eigenvalue weighted by molar-refractivity contribution is -0.384. The molecule has 1 aliphatic rings. The third-order valence-corrected chi connectivity index (χ3v) is 5.23. The number of nitriles is 1. The van der Waals surface area contributed by atoms with Crippen LogP contribution in [0.15, 0.2) is 42.5 Å². The number of hydrogen-bond donors (Lipinski definition) is 1. The molecule has 1 fully saturated rings. The van der Waals surface area contributed by atoms with Crippen molar-refractivity contribution in [3.8, 4) is 11.8 Å². The van der Waals surface area contributed by atoms with Crippen molar-refractivity contribution in [2.24, 2.45) is 0 Å². The summed E-state index contributed by atoms with van der Waals surface area (Å²) in [6, 6.07) is 13.1. The van der Waals surface area contributed by atoms with Gasteiger partial charge in [-0.05, 0) is 43.0 Å². The smallest absolute Gasteiger partial charge is 0.269 e. The van der Waals surface area contributed by atoms with Crippen molar-refractivity contribution in [1.82, 2.24) is 0 Å². The Kier molecular flexibility index (Phi) is 6.65. The first kappa shape index (κ1) is 21.3. The number of nitrogens with one attached hydrogen (secondary N) is 1. The average molecular weight is 409 g/mol. The molecule has 1 aliphatic heterocycles. The fourth-order valence-corrected chi connectivity index (χ4v) is 3.55. The summed E-state index contributed by atoms with van der Waals surface area (Å²) in [5.41, 5.74) is 0.656. The predicted octanol–water partition coefficient (Wildman–Crippen LogP) is 3.94. The van der Waals surface area contributed by atoms with Crippen molar-refractivity contribution in [3.05, 3.63) is 63.7 Å². The van der Waals surface area contributed by atoms with Crippen molar-refractivity contribution in [2.45, 2.75) is 31.6 Å². The normalized spacial score (nSPS) is 15.1. The molecule has 1 N–H and O–H groups in total. The first-order valence-corrected chi connectivity index (χ1v) is 9.81. The summed E-state index contributed by atoms with van der Waals surface area (Å²) >= 11 is 0. The van der Waals surface area contributed by atoms with Crippen LogP contribution in [0.4, 0.5) is 11.4 Å². The van der Waals surface area contributed by atoms with Crippen LogP contribution in [0.25, 0.3) is 0 Å². The molecule has 0 bridgehead atoms. The molecular formula is C22H23N3O5. The summed E-state index contributed by atoms with van der Waals surface area (Å²) in [5.74, 6) is 0.249. The maximum Gasteiger partial charge on any atom is 0.269 e. The number of rotatable bonds is 7. The minimum absolute atomic E-state index is 0.0253. The van der Waals surface area contributed by atoms with E-state index in [1.165, 1.54) is 12.1 Å². The number of carbonyl (C=O) groups is 1. The molecule has 2 aromatic rings. The maximum absolute atomic E-state index is 13.4. The lowest BCUT2D eigenvalue weighted by Crippen LogP contribution is -2.44. The van der Waals surface area contributed by atoms with E-state index in [0.717, 1.165) is 6.42 Å². The molecule has 8 heteroatoms. The van der Waals surface area contributed by atoms with Crippen molar-refractivity contribution < 1.29 is 19.2 Å². The molecule has 2 aromatic carbocycles. The Labute approximate surface area is 174 Å². The largest absolute Gasteiger partial charge is 0.492 e. The maximum atomic E-state index is 13.4. The summed E-state index contributed by atoms with van der Waals surface area (Å²) < 4.78 is 11.0. The number of hydrogen-bond acceptors (Lipinski definition) is 6. The monoisotopic (exact) mass is 409 g/mol. The van der Waals surface area contributed by atoms with Gasteiger partial charge in [0.2, 0.25) is 5.91 Å². The quantitative estimate of drug-likeness (QED) is 0.547. The molecule has 0 aromatic heterocycles. The highest BCUT2D eigenvalue weighted by Crippen LogP contribution is 2.37. The van der Waals surface area contributed by atoms with Crippen LogP contribution in [0.2, 0.25) is 0 Å². The predicted molar refractivity (Wildman–Crippen MR) is 110 cm³/mol. The second kappa shape index (κ2) is 9.37. The molecule has 1 heterocycles. The number of non-ortho nitro benzene ring substituents is 1. The fourth-order valence-electron chi connectivity index (χ4n) is 3.55. The Balaban J connectivity index is 1.87. The number of anilines is 1. The Morgan fingerprint density at radius 2 is 1.97 bits per heavy atom. The highest BCUT2D eigenvalue weighted by atomic mass is 16.6. The second-order valence-corrected chi connectivity index (χ2v) is 7.12. The molecule has 3 rings (SSSR count). The highest BCUT2D eigenvalue weighted by molar-refractivity contribution is 5.99. The molecule has 0 aliphatic carbocycles. The van der Waals surface area contributed by atoms with E-state index in [0.29, 0.717) is 55.2 Å². The van der Waals surface area contributed by atoms with Gasteiger partial charge in [0.25, 0.3) is 5.69 Å². The van der Waals surface area contributed by atoms with Gasteiger partial charge >= 0.3 is 0 Å². The summed E-state index contributed by atoms with van der Waals surface area (Å²) in [4.78, 5) is 23.9. The van der Waals surface area contributed by atoms with Crippen LogP contribution in [0.3, 0.4) is 0 Å².